The average Bonchev–Trinajstić information content (AvgIpc) is 2.67. The molecule has 0 radical (unpaired) electrons. The first-order valence-electron chi connectivity index (χ1n) is 9.06. The van der Waals surface area contributed by atoms with E-state index in [4.69, 9.17) is 23.2 Å². The van der Waals surface area contributed by atoms with Gasteiger partial charge in [-0.25, -0.2) is 27.9 Å². The molecule has 2 aromatic carbocycles. The van der Waals surface area contributed by atoms with Crippen molar-refractivity contribution in [3.63, 3.8) is 0 Å². The Kier molecular flexibility index (Phi) is 6.97. The Bertz CT molecular complexity index is 1280. The highest BCUT2D eigenvalue weighted by atomic mass is 35.5. The van der Waals surface area contributed by atoms with E-state index in [2.05, 4.69) is 25.3 Å². The van der Waals surface area contributed by atoms with Crippen LogP contribution in [0.1, 0.15) is 21.7 Å². The third kappa shape index (κ3) is 5.94. The van der Waals surface area contributed by atoms with E-state index in [1.54, 1.807) is 19.9 Å². The van der Waals surface area contributed by atoms with Crippen LogP contribution in [0.2, 0.25) is 10.0 Å². The SMILES string of the molecule is Cc1cc(C)nc(NS(=O)(=O)c2ccc(NC(=O)NC(=O)c3ccc(Cl)cc3Cl)cc2)n1. The molecule has 3 amide bonds. The van der Waals surface area contributed by atoms with Crippen LogP contribution < -0.4 is 15.4 Å². The highest BCUT2D eigenvalue weighted by Crippen LogP contribution is 2.21. The number of hydrogen-bond donors (Lipinski definition) is 3. The molecule has 0 spiro atoms. The lowest BCUT2D eigenvalue weighted by Crippen LogP contribution is -2.34. The van der Waals surface area contributed by atoms with E-state index in [0.29, 0.717) is 16.4 Å². The minimum atomic E-state index is -3.94. The van der Waals surface area contributed by atoms with Crippen LogP contribution in [0, 0.1) is 13.8 Å². The zero-order valence-electron chi connectivity index (χ0n) is 16.8. The summed E-state index contributed by atoms with van der Waals surface area (Å²) >= 11 is 11.7. The Hall–Kier alpha value is -3.21. The number of nitrogens with one attached hydrogen (secondary N) is 3. The van der Waals surface area contributed by atoms with Crippen molar-refractivity contribution in [1.29, 1.82) is 0 Å². The fraction of sp³-hybridized carbons (Fsp3) is 0.100. The van der Waals surface area contributed by atoms with Crippen molar-refractivity contribution in [3.8, 4) is 0 Å². The summed E-state index contributed by atoms with van der Waals surface area (Å²) in [6.45, 7) is 3.45. The van der Waals surface area contributed by atoms with Crippen molar-refractivity contribution >= 4 is 56.8 Å². The number of anilines is 2. The predicted molar refractivity (Wildman–Crippen MR) is 122 cm³/mol. The minimum Gasteiger partial charge on any atom is -0.308 e. The van der Waals surface area contributed by atoms with E-state index in [0.717, 1.165) is 0 Å². The summed E-state index contributed by atoms with van der Waals surface area (Å²) in [5, 5.41) is 5.01. The monoisotopic (exact) mass is 493 g/mol. The zero-order valence-corrected chi connectivity index (χ0v) is 19.1. The van der Waals surface area contributed by atoms with E-state index < -0.39 is 22.0 Å². The number of nitrogens with zero attached hydrogens (tertiary/aromatic N) is 2. The van der Waals surface area contributed by atoms with Crippen molar-refractivity contribution in [3.05, 3.63) is 75.5 Å². The van der Waals surface area contributed by atoms with Gasteiger partial charge in [0.1, 0.15) is 0 Å². The van der Waals surface area contributed by atoms with Gasteiger partial charge >= 0.3 is 6.03 Å². The molecule has 9 nitrogen and oxygen atoms in total. The Labute approximate surface area is 194 Å². The Morgan fingerprint density at radius 1 is 0.906 bits per heavy atom. The van der Waals surface area contributed by atoms with Crippen LogP contribution in [0.5, 0.6) is 0 Å². The number of imide groups is 1. The van der Waals surface area contributed by atoms with E-state index in [-0.39, 0.29) is 27.1 Å². The fourth-order valence-corrected chi connectivity index (χ4v) is 4.11. The first kappa shape index (κ1) is 23.5. The third-order valence-corrected chi connectivity index (χ3v) is 5.93. The molecule has 0 atom stereocenters. The van der Waals surface area contributed by atoms with Gasteiger partial charge in [0.05, 0.1) is 15.5 Å². The molecular formula is C20H17Cl2N5O4S. The maximum atomic E-state index is 12.6. The molecule has 3 rings (SSSR count). The average molecular weight is 494 g/mol. The number of aromatic nitrogens is 2. The standard InChI is InChI=1S/C20H17Cl2N5O4S/c1-11-9-12(2)24-19(23-11)27-32(30,31)15-6-4-14(5-7-15)25-20(29)26-18(28)16-8-3-13(21)10-17(16)22/h3-10H,1-2H3,(H,23,24,27)(H2,25,26,28,29). The molecule has 0 aliphatic carbocycles. The first-order chi connectivity index (χ1) is 15.0. The minimum absolute atomic E-state index is 0.0385. The van der Waals surface area contributed by atoms with Gasteiger partial charge in [0.25, 0.3) is 15.9 Å². The summed E-state index contributed by atoms with van der Waals surface area (Å²) in [6.07, 6.45) is 0. The van der Waals surface area contributed by atoms with Crippen LogP contribution in [-0.4, -0.2) is 30.3 Å². The number of carbonyl (C=O) groups is 2. The lowest BCUT2D eigenvalue weighted by atomic mass is 10.2. The second-order valence-electron chi connectivity index (χ2n) is 6.64. The fourth-order valence-electron chi connectivity index (χ4n) is 2.67. The molecule has 3 aromatic rings. The summed E-state index contributed by atoms with van der Waals surface area (Å²) < 4.78 is 27.4. The predicted octanol–water partition coefficient (Wildman–Crippen LogP) is 4.16. The lowest BCUT2D eigenvalue weighted by Gasteiger charge is -2.10. The van der Waals surface area contributed by atoms with Crippen molar-refractivity contribution in [2.75, 3.05) is 10.0 Å². The molecule has 0 bridgehead atoms. The normalized spacial score (nSPS) is 11.0. The Balaban J connectivity index is 1.65. The van der Waals surface area contributed by atoms with E-state index in [1.807, 2.05) is 0 Å². The van der Waals surface area contributed by atoms with Crippen molar-refractivity contribution in [2.24, 2.45) is 0 Å². The number of halogens is 2. The van der Waals surface area contributed by atoms with Gasteiger partial charge in [-0.1, -0.05) is 23.2 Å². The number of urea groups is 1. The van der Waals surface area contributed by atoms with Crippen molar-refractivity contribution < 1.29 is 18.0 Å². The van der Waals surface area contributed by atoms with Crippen LogP contribution >= 0.6 is 23.2 Å². The maximum Gasteiger partial charge on any atom is 0.326 e. The van der Waals surface area contributed by atoms with Crippen molar-refractivity contribution in [1.82, 2.24) is 15.3 Å². The van der Waals surface area contributed by atoms with Crippen LogP contribution in [0.3, 0.4) is 0 Å². The smallest absolute Gasteiger partial charge is 0.308 e. The molecule has 32 heavy (non-hydrogen) atoms. The lowest BCUT2D eigenvalue weighted by molar-refractivity contribution is 0.0967. The van der Waals surface area contributed by atoms with Gasteiger partial charge in [0.2, 0.25) is 5.95 Å². The number of benzene rings is 2. The second kappa shape index (κ2) is 9.51. The topological polar surface area (TPSA) is 130 Å². The molecule has 3 N–H and O–H groups in total. The maximum absolute atomic E-state index is 12.6. The molecule has 0 saturated carbocycles. The quantitative estimate of drug-likeness (QED) is 0.488. The van der Waals surface area contributed by atoms with Crippen LogP contribution in [-0.2, 0) is 10.0 Å². The molecule has 0 aliphatic rings. The second-order valence-corrected chi connectivity index (χ2v) is 9.16. The number of aryl methyl sites for hydroxylation is 2. The molecule has 0 fully saturated rings. The van der Waals surface area contributed by atoms with Crippen LogP contribution in [0.15, 0.2) is 53.4 Å². The van der Waals surface area contributed by atoms with Crippen molar-refractivity contribution in [2.45, 2.75) is 18.7 Å². The Morgan fingerprint density at radius 3 is 2.12 bits per heavy atom. The number of carbonyl (C=O) groups excluding carboxylic acids is 2. The number of hydrogen-bond acceptors (Lipinski definition) is 6. The van der Waals surface area contributed by atoms with Gasteiger partial charge in [-0.2, -0.15) is 0 Å². The number of rotatable bonds is 5. The zero-order chi connectivity index (χ0) is 23.5. The van der Waals surface area contributed by atoms with E-state index in [9.17, 15) is 18.0 Å². The number of sulfonamides is 1. The van der Waals surface area contributed by atoms with Gasteiger partial charge in [-0.3, -0.25) is 10.1 Å². The number of amides is 3. The molecule has 0 aliphatic heterocycles. The summed E-state index contributed by atoms with van der Waals surface area (Å²) in [6, 6.07) is 10.5. The van der Waals surface area contributed by atoms with Gasteiger partial charge in [0.15, 0.2) is 0 Å². The van der Waals surface area contributed by atoms with Crippen LogP contribution in [0.4, 0.5) is 16.4 Å². The first-order valence-corrected chi connectivity index (χ1v) is 11.3. The molecule has 0 saturated heterocycles. The highest BCUT2D eigenvalue weighted by molar-refractivity contribution is 7.92. The molecule has 12 heteroatoms. The molecule has 1 aromatic heterocycles. The summed E-state index contributed by atoms with van der Waals surface area (Å²) in [7, 11) is -3.94. The Morgan fingerprint density at radius 2 is 1.53 bits per heavy atom. The van der Waals surface area contributed by atoms with Gasteiger partial charge in [-0.05, 0) is 62.4 Å². The molecule has 166 valence electrons. The summed E-state index contributed by atoms with van der Waals surface area (Å²) in [4.78, 5) is 32.3. The highest BCUT2D eigenvalue weighted by Gasteiger charge is 2.17. The largest absolute Gasteiger partial charge is 0.326 e. The molecule has 1 heterocycles. The van der Waals surface area contributed by atoms with Crippen LogP contribution in [0.25, 0.3) is 0 Å². The summed E-state index contributed by atoms with van der Waals surface area (Å²) in [5.74, 6) is -0.760. The van der Waals surface area contributed by atoms with Gasteiger partial charge < -0.3 is 5.32 Å². The third-order valence-electron chi connectivity index (χ3n) is 4.03. The van der Waals surface area contributed by atoms with Gasteiger partial charge in [0, 0.05) is 22.1 Å². The van der Waals surface area contributed by atoms with E-state index >= 15 is 0 Å². The molecule has 0 unspecified atom stereocenters. The summed E-state index contributed by atoms with van der Waals surface area (Å²) in [5.41, 5.74) is 1.58. The van der Waals surface area contributed by atoms with Gasteiger partial charge in [-0.15, -0.1) is 0 Å². The van der Waals surface area contributed by atoms with E-state index in [1.165, 1.54) is 42.5 Å². The molecular weight excluding hydrogens is 477 g/mol.